The molecule has 2 unspecified atom stereocenters. The molecule has 146 valence electrons. The second-order valence-corrected chi connectivity index (χ2v) is 8.07. The predicted molar refractivity (Wildman–Crippen MR) is 110 cm³/mol. The number of aromatic nitrogens is 3. The molecule has 2 aliphatic heterocycles. The molecular weight excluding hydrogens is 353 g/mol. The lowest BCUT2D eigenvalue weighted by Gasteiger charge is -2.30. The Kier molecular flexibility index (Phi) is 4.22. The Hall–Kier alpha value is -2.63. The van der Waals surface area contributed by atoms with Gasteiger partial charge < -0.3 is 14.8 Å². The zero-order chi connectivity index (χ0) is 19.3. The Morgan fingerprint density at radius 1 is 1.18 bits per heavy atom. The summed E-state index contributed by atoms with van der Waals surface area (Å²) in [6.07, 6.45) is 8.30. The highest BCUT2D eigenvalue weighted by molar-refractivity contribution is 5.85. The lowest BCUT2D eigenvalue weighted by molar-refractivity contribution is 0.619. The maximum Gasteiger partial charge on any atom is 0.147 e. The van der Waals surface area contributed by atoms with Crippen molar-refractivity contribution in [3.8, 4) is 0 Å². The lowest BCUT2D eigenvalue weighted by Crippen LogP contribution is -2.35. The van der Waals surface area contributed by atoms with Crippen LogP contribution in [0.15, 0.2) is 30.6 Å². The molecule has 2 aromatic heterocycles. The molecule has 1 fully saturated rings. The van der Waals surface area contributed by atoms with Gasteiger partial charge in [-0.15, -0.1) is 0 Å². The quantitative estimate of drug-likeness (QED) is 0.731. The molecule has 0 saturated carbocycles. The zero-order valence-electron chi connectivity index (χ0n) is 16.5. The summed E-state index contributed by atoms with van der Waals surface area (Å²) in [5.74, 6) is 1.67. The number of nitrogens with zero attached hydrogens (tertiary/aromatic N) is 4. The van der Waals surface area contributed by atoms with Crippen molar-refractivity contribution in [2.75, 3.05) is 16.3 Å². The van der Waals surface area contributed by atoms with Crippen molar-refractivity contribution in [2.45, 2.75) is 58.2 Å². The second kappa shape index (κ2) is 6.76. The average molecular weight is 379 g/mol. The summed E-state index contributed by atoms with van der Waals surface area (Å²) >= 11 is 0. The maximum atomic E-state index is 13.7. The topological polar surface area (TPSA) is 48.1 Å². The predicted octanol–water partition coefficient (Wildman–Crippen LogP) is 4.43. The molecule has 0 aliphatic carbocycles. The van der Waals surface area contributed by atoms with Crippen LogP contribution in [0, 0.1) is 5.82 Å². The fraction of sp³-hybridized carbons (Fsp3) is 0.455. The molecular formula is C22H26FN5. The molecule has 28 heavy (non-hydrogen) atoms. The molecule has 3 aromatic rings. The van der Waals surface area contributed by atoms with Crippen LogP contribution in [0.5, 0.6) is 0 Å². The number of benzene rings is 1. The Morgan fingerprint density at radius 2 is 2.00 bits per heavy atom. The van der Waals surface area contributed by atoms with Gasteiger partial charge in [0.25, 0.3) is 0 Å². The van der Waals surface area contributed by atoms with E-state index in [1.54, 1.807) is 6.07 Å². The number of hydrogen-bond donors (Lipinski definition) is 1. The van der Waals surface area contributed by atoms with E-state index in [-0.39, 0.29) is 5.82 Å². The molecule has 0 spiro atoms. The molecule has 5 rings (SSSR count). The first kappa shape index (κ1) is 17.5. The summed E-state index contributed by atoms with van der Waals surface area (Å²) in [6.45, 7) is 6.12. The first-order chi connectivity index (χ1) is 13.6. The highest BCUT2D eigenvalue weighted by Crippen LogP contribution is 2.32. The van der Waals surface area contributed by atoms with Gasteiger partial charge in [-0.2, -0.15) is 0 Å². The van der Waals surface area contributed by atoms with E-state index in [4.69, 9.17) is 9.97 Å². The number of nitrogens with one attached hydrogen (secondary N) is 1. The molecule has 2 atom stereocenters. The Morgan fingerprint density at radius 3 is 2.79 bits per heavy atom. The van der Waals surface area contributed by atoms with Crippen LogP contribution in [-0.2, 0) is 13.0 Å². The first-order valence-electron chi connectivity index (χ1n) is 10.3. The Labute approximate surface area is 164 Å². The average Bonchev–Trinajstić information content (AvgIpc) is 3.27. The smallest absolute Gasteiger partial charge is 0.147 e. The summed E-state index contributed by atoms with van der Waals surface area (Å²) in [5, 5.41) is 0.973. The molecule has 6 heteroatoms. The standard InChI is InChI=1S/C22H26FN5/c1-3-16-6-4-14(2)28(16)22-12-24-21(11-25-22)27-9-8-20-18(13-27)17-10-15(23)5-7-19(17)26-20/h5,7,10-12,14,16,26H,3-4,6,8-9,13H2,1-2H3. The fourth-order valence-corrected chi connectivity index (χ4v) is 4.88. The minimum absolute atomic E-state index is 0.194. The minimum Gasteiger partial charge on any atom is -0.358 e. The van der Waals surface area contributed by atoms with Gasteiger partial charge in [0.05, 0.1) is 12.4 Å². The third-order valence-electron chi connectivity index (χ3n) is 6.41. The third-order valence-corrected chi connectivity index (χ3v) is 6.41. The highest BCUT2D eigenvalue weighted by atomic mass is 19.1. The third kappa shape index (κ3) is 2.82. The van der Waals surface area contributed by atoms with Gasteiger partial charge in [-0.3, -0.25) is 0 Å². The zero-order valence-corrected chi connectivity index (χ0v) is 16.5. The van der Waals surface area contributed by atoms with E-state index >= 15 is 0 Å². The number of aromatic amines is 1. The van der Waals surface area contributed by atoms with Crippen LogP contribution >= 0.6 is 0 Å². The van der Waals surface area contributed by atoms with Gasteiger partial charge in [0.15, 0.2) is 0 Å². The number of halogens is 1. The summed E-state index contributed by atoms with van der Waals surface area (Å²) < 4.78 is 13.7. The van der Waals surface area contributed by atoms with Crippen molar-refractivity contribution < 1.29 is 4.39 Å². The van der Waals surface area contributed by atoms with E-state index in [1.165, 1.54) is 30.2 Å². The summed E-state index contributed by atoms with van der Waals surface area (Å²) in [4.78, 5) is 17.6. The lowest BCUT2D eigenvalue weighted by atomic mass is 10.0. The van der Waals surface area contributed by atoms with E-state index in [9.17, 15) is 4.39 Å². The number of H-pyrrole nitrogens is 1. The molecule has 0 radical (unpaired) electrons. The van der Waals surface area contributed by atoms with E-state index in [1.807, 2.05) is 18.5 Å². The van der Waals surface area contributed by atoms with Gasteiger partial charge in [-0.1, -0.05) is 6.92 Å². The minimum atomic E-state index is -0.194. The van der Waals surface area contributed by atoms with E-state index in [0.717, 1.165) is 48.5 Å². The van der Waals surface area contributed by atoms with Crippen LogP contribution in [0.4, 0.5) is 16.0 Å². The Bertz CT molecular complexity index is 996. The molecule has 2 aliphatic rings. The van der Waals surface area contributed by atoms with Crippen molar-refractivity contribution in [3.05, 3.63) is 47.7 Å². The molecule has 0 amide bonds. The van der Waals surface area contributed by atoms with Crippen molar-refractivity contribution in [2.24, 2.45) is 0 Å². The van der Waals surface area contributed by atoms with Crippen LogP contribution < -0.4 is 9.80 Å². The number of hydrogen-bond acceptors (Lipinski definition) is 4. The van der Waals surface area contributed by atoms with Gasteiger partial charge in [0.2, 0.25) is 0 Å². The normalized spacial score (nSPS) is 22.1. The molecule has 1 saturated heterocycles. The molecule has 1 N–H and O–H groups in total. The monoisotopic (exact) mass is 379 g/mol. The van der Waals surface area contributed by atoms with Crippen molar-refractivity contribution in [1.82, 2.24) is 15.0 Å². The summed E-state index contributed by atoms with van der Waals surface area (Å²) in [5.41, 5.74) is 3.38. The molecule has 4 heterocycles. The van der Waals surface area contributed by atoms with Crippen LogP contribution in [0.3, 0.4) is 0 Å². The van der Waals surface area contributed by atoms with Crippen molar-refractivity contribution in [1.29, 1.82) is 0 Å². The largest absolute Gasteiger partial charge is 0.358 e. The van der Waals surface area contributed by atoms with Gasteiger partial charge in [0.1, 0.15) is 17.5 Å². The molecule has 5 nitrogen and oxygen atoms in total. The van der Waals surface area contributed by atoms with Crippen molar-refractivity contribution in [3.63, 3.8) is 0 Å². The number of fused-ring (bicyclic) bond motifs is 3. The Balaban J connectivity index is 1.40. The molecule has 0 bridgehead atoms. The summed E-state index contributed by atoms with van der Waals surface area (Å²) in [7, 11) is 0. The van der Waals surface area contributed by atoms with Gasteiger partial charge in [0, 0.05) is 53.8 Å². The van der Waals surface area contributed by atoms with E-state index in [2.05, 4.69) is 28.6 Å². The van der Waals surface area contributed by atoms with Crippen LogP contribution in [0.2, 0.25) is 0 Å². The van der Waals surface area contributed by atoms with Crippen LogP contribution in [0.25, 0.3) is 10.9 Å². The van der Waals surface area contributed by atoms with E-state index < -0.39 is 0 Å². The highest BCUT2D eigenvalue weighted by Gasteiger charge is 2.30. The van der Waals surface area contributed by atoms with Crippen molar-refractivity contribution >= 4 is 22.5 Å². The molecule has 1 aromatic carbocycles. The summed E-state index contributed by atoms with van der Waals surface area (Å²) in [6, 6.07) is 6.04. The maximum absolute atomic E-state index is 13.7. The number of anilines is 2. The van der Waals surface area contributed by atoms with Crippen LogP contribution in [0.1, 0.15) is 44.4 Å². The SMILES string of the molecule is CCC1CCC(C)N1c1cnc(N2CCc3[nH]c4ccc(F)cc4c3C2)cn1. The van der Waals surface area contributed by atoms with Gasteiger partial charge in [-0.05, 0) is 44.4 Å². The van der Waals surface area contributed by atoms with Gasteiger partial charge >= 0.3 is 0 Å². The first-order valence-corrected chi connectivity index (χ1v) is 10.3. The van der Waals surface area contributed by atoms with E-state index in [0.29, 0.717) is 12.1 Å². The van der Waals surface area contributed by atoms with Gasteiger partial charge in [-0.25, -0.2) is 14.4 Å². The second-order valence-electron chi connectivity index (χ2n) is 8.07. The fourth-order valence-electron chi connectivity index (χ4n) is 4.88. The van der Waals surface area contributed by atoms with Crippen LogP contribution in [-0.4, -0.2) is 33.6 Å². The number of rotatable bonds is 3.